The van der Waals surface area contributed by atoms with Crippen molar-refractivity contribution >= 4 is 16.8 Å². The highest BCUT2D eigenvalue weighted by Gasteiger charge is 2.26. The van der Waals surface area contributed by atoms with Crippen LogP contribution in [-0.4, -0.2) is 64.1 Å². The van der Waals surface area contributed by atoms with E-state index < -0.39 is 0 Å². The van der Waals surface area contributed by atoms with Crippen LogP contribution >= 0.6 is 0 Å². The van der Waals surface area contributed by atoms with Gasteiger partial charge in [-0.2, -0.15) is 5.10 Å². The van der Waals surface area contributed by atoms with Crippen molar-refractivity contribution in [2.45, 2.75) is 6.42 Å². The van der Waals surface area contributed by atoms with Crippen molar-refractivity contribution in [2.24, 2.45) is 5.92 Å². The van der Waals surface area contributed by atoms with Crippen molar-refractivity contribution in [1.29, 1.82) is 0 Å². The Labute approximate surface area is 158 Å². The first-order valence-electron chi connectivity index (χ1n) is 9.29. The Morgan fingerprint density at radius 2 is 1.93 bits per heavy atom. The molecule has 0 bridgehead atoms. The second-order valence-corrected chi connectivity index (χ2v) is 7.18. The zero-order chi connectivity index (χ0) is 18.6. The quantitative estimate of drug-likeness (QED) is 0.716. The molecule has 1 aromatic carbocycles. The van der Waals surface area contributed by atoms with Gasteiger partial charge in [-0.05, 0) is 43.1 Å². The zero-order valence-corrected chi connectivity index (χ0v) is 15.5. The first-order valence-corrected chi connectivity index (χ1v) is 9.29. The molecular weight excluding hydrogens is 338 g/mol. The molecule has 1 saturated heterocycles. The summed E-state index contributed by atoms with van der Waals surface area (Å²) < 4.78 is 0. The van der Waals surface area contributed by atoms with Gasteiger partial charge in [-0.3, -0.25) is 9.78 Å². The Bertz CT molecular complexity index is 925. The number of carbonyl (C=O) groups is 1. The van der Waals surface area contributed by atoms with Crippen LogP contribution in [0.3, 0.4) is 0 Å². The molecule has 1 atom stereocenters. The summed E-state index contributed by atoms with van der Waals surface area (Å²) in [5, 5.41) is 8.99. The maximum atomic E-state index is 12.9. The molecule has 6 nitrogen and oxygen atoms in total. The molecule has 3 heterocycles. The molecule has 0 aliphatic carbocycles. The van der Waals surface area contributed by atoms with Gasteiger partial charge in [0.1, 0.15) is 0 Å². The Kier molecular flexibility index (Phi) is 5.07. The highest BCUT2D eigenvalue weighted by Crippen LogP contribution is 2.21. The molecule has 27 heavy (non-hydrogen) atoms. The molecule has 0 N–H and O–H groups in total. The van der Waals surface area contributed by atoms with Gasteiger partial charge in [0.05, 0.1) is 5.52 Å². The van der Waals surface area contributed by atoms with Gasteiger partial charge in [0, 0.05) is 44.0 Å². The number of hydrogen-bond acceptors (Lipinski definition) is 5. The van der Waals surface area contributed by atoms with Crippen molar-refractivity contribution in [3.05, 3.63) is 66.1 Å². The van der Waals surface area contributed by atoms with Crippen LogP contribution in [0.2, 0.25) is 0 Å². The van der Waals surface area contributed by atoms with Gasteiger partial charge in [0.25, 0.3) is 5.91 Å². The highest BCUT2D eigenvalue weighted by atomic mass is 16.2. The van der Waals surface area contributed by atoms with Crippen LogP contribution in [0, 0.1) is 5.92 Å². The van der Waals surface area contributed by atoms with Crippen LogP contribution in [0.15, 0.2) is 54.9 Å². The topological polar surface area (TPSA) is 62.2 Å². The van der Waals surface area contributed by atoms with Gasteiger partial charge in [-0.25, -0.2) is 0 Å². The lowest BCUT2D eigenvalue weighted by Crippen LogP contribution is -2.37. The summed E-state index contributed by atoms with van der Waals surface area (Å²) in [6.45, 7) is 3.23. The molecule has 1 amide bonds. The SMILES string of the molecule is CN1CCN(C(=O)c2cccnn2)C[C@H](Cc2cccc3cccnc23)C1. The van der Waals surface area contributed by atoms with Crippen molar-refractivity contribution in [3.8, 4) is 0 Å². The van der Waals surface area contributed by atoms with E-state index in [-0.39, 0.29) is 5.91 Å². The molecule has 0 unspecified atom stereocenters. The van der Waals surface area contributed by atoms with E-state index in [1.807, 2.05) is 17.2 Å². The van der Waals surface area contributed by atoms with Crippen LogP contribution in [0.1, 0.15) is 16.1 Å². The monoisotopic (exact) mass is 361 g/mol. The summed E-state index contributed by atoms with van der Waals surface area (Å²) in [4.78, 5) is 21.7. The fraction of sp³-hybridized carbons (Fsp3) is 0.333. The van der Waals surface area contributed by atoms with Gasteiger partial charge in [-0.15, -0.1) is 5.10 Å². The van der Waals surface area contributed by atoms with Crippen molar-refractivity contribution in [1.82, 2.24) is 25.0 Å². The standard InChI is InChI=1S/C21H23N5O/c1-25-11-12-26(21(27)19-8-4-10-23-24-19)15-16(14-25)13-18-6-2-5-17-7-3-9-22-20(17)18/h2-10,16H,11-15H2,1H3/t16-/m1/s1. The average Bonchev–Trinajstić information content (AvgIpc) is 2.89. The summed E-state index contributed by atoms with van der Waals surface area (Å²) in [6.07, 6.45) is 4.32. The Morgan fingerprint density at radius 1 is 1.07 bits per heavy atom. The number of likely N-dealkylation sites (N-methyl/N-ethyl adjacent to an activating group) is 1. The minimum atomic E-state index is -0.0422. The number of benzene rings is 1. The first-order chi connectivity index (χ1) is 13.2. The smallest absolute Gasteiger partial charge is 0.274 e. The van der Waals surface area contributed by atoms with Crippen LogP contribution in [0.4, 0.5) is 0 Å². The summed E-state index contributed by atoms with van der Waals surface area (Å²) >= 11 is 0. The second-order valence-electron chi connectivity index (χ2n) is 7.18. The van der Waals surface area contributed by atoms with Crippen LogP contribution in [0.5, 0.6) is 0 Å². The lowest BCUT2D eigenvalue weighted by atomic mass is 9.96. The predicted molar refractivity (Wildman–Crippen MR) is 104 cm³/mol. The van der Waals surface area contributed by atoms with Crippen LogP contribution in [-0.2, 0) is 6.42 Å². The number of nitrogens with zero attached hydrogens (tertiary/aromatic N) is 5. The molecule has 6 heteroatoms. The number of hydrogen-bond donors (Lipinski definition) is 0. The van der Waals surface area contributed by atoms with E-state index in [2.05, 4.69) is 51.4 Å². The predicted octanol–water partition coefficient (Wildman–Crippen LogP) is 2.27. The summed E-state index contributed by atoms with van der Waals surface area (Å²) in [6, 6.07) is 13.9. The number of para-hydroxylation sites is 1. The molecule has 1 fully saturated rings. The Morgan fingerprint density at radius 3 is 2.78 bits per heavy atom. The molecular formula is C21H23N5O. The van der Waals surface area contributed by atoms with Gasteiger partial charge in [0.15, 0.2) is 5.69 Å². The van der Waals surface area contributed by atoms with Crippen LogP contribution < -0.4 is 0 Å². The molecule has 0 saturated carbocycles. The molecule has 1 aliphatic heterocycles. The average molecular weight is 361 g/mol. The fourth-order valence-corrected chi connectivity index (χ4v) is 3.82. The number of rotatable bonds is 3. The highest BCUT2D eigenvalue weighted by molar-refractivity contribution is 5.92. The number of aromatic nitrogens is 3. The maximum absolute atomic E-state index is 12.9. The van der Waals surface area contributed by atoms with Crippen LogP contribution in [0.25, 0.3) is 10.9 Å². The molecule has 0 spiro atoms. The maximum Gasteiger partial charge on any atom is 0.274 e. The first kappa shape index (κ1) is 17.5. The van der Waals surface area contributed by atoms with E-state index in [4.69, 9.17) is 0 Å². The summed E-state index contributed by atoms with van der Waals surface area (Å²) in [5.74, 6) is 0.296. The summed E-state index contributed by atoms with van der Waals surface area (Å²) in [7, 11) is 2.12. The van der Waals surface area contributed by atoms with Gasteiger partial charge in [0.2, 0.25) is 0 Å². The number of amides is 1. The Balaban J connectivity index is 1.57. The summed E-state index contributed by atoms with van der Waals surface area (Å²) in [5.41, 5.74) is 2.70. The van der Waals surface area contributed by atoms with Crippen molar-refractivity contribution in [3.63, 3.8) is 0 Å². The zero-order valence-electron chi connectivity index (χ0n) is 15.5. The van der Waals surface area contributed by atoms with E-state index >= 15 is 0 Å². The molecule has 3 aromatic rings. The van der Waals surface area contributed by atoms with E-state index in [0.29, 0.717) is 24.7 Å². The van der Waals surface area contributed by atoms with E-state index in [1.54, 1.807) is 18.3 Å². The van der Waals surface area contributed by atoms with E-state index in [1.165, 1.54) is 5.56 Å². The molecule has 4 rings (SSSR count). The van der Waals surface area contributed by atoms with Gasteiger partial charge < -0.3 is 9.80 Å². The molecule has 2 aromatic heterocycles. The lowest BCUT2D eigenvalue weighted by Gasteiger charge is -2.24. The fourth-order valence-electron chi connectivity index (χ4n) is 3.82. The number of fused-ring (bicyclic) bond motifs is 1. The van der Waals surface area contributed by atoms with E-state index in [9.17, 15) is 4.79 Å². The minimum Gasteiger partial charge on any atom is -0.336 e. The normalized spacial score (nSPS) is 18.4. The third-order valence-corrected chi connectivity index (χ3v) is 5.10. The third-order valence-electron chi connectivity index (χ3n) is 5.10. The lowest BCUT2D eigenvalue weighted by molar-refractivity contribution is 0.0739. The Hall–Kier alpha value is -2.86. The molecule has 1 aliphatic rings. The molecule has 138 valence electrons. The van der Waals surface area contributed by atoms with Crippen molar-refractivity contribution < 1.29 is 4.79 Å². The minimum absolute atomic E-state index is 0.0422. The van der Waals surface area contributed by atoms with Crippen molar-refractivity contribution in [2.75, 3.05) is 33.2 Å². The van der Waals surface area contributed by atoms with Gasteiger partial charge >= 0.3 is 0 Å². The number of carbonyl (C=O) groups excluding carboxylic acids is 1. The van der Waals surface area contributed by atoms with E-state index in [0.717, 1.165) is 30.4 Å². The number of pyridine rings is 1. The second kappa shape index (κ2) is 7.80. The third kappa shape index (κ3) is 3.95. The molecule has 0 radical (unpaired) electrons. The van der Waals surface area contributed by atoms with Gasteiger partial charge in [-0.1, -0.05) is 24.3 Å². The largest absolute Gasteiger partial charge is 0.336 e.